The SMILES string of the molecule is N=C(N)c1ccc2cc(C#Cc3ccccc3)ccc2c1OC(=O)C(F)(F)F. The third-order valence-corrected chi connectivity index (χ3v) is 3.81. The van der Waals surface area contributed by atoms with E-state index >= 15 is 0 Å². The molecule has 0 amide bonds. The maximum Gasteiger partial charge on any atom is 0.491 e. The van der Waals surface area contributed by atoms with E-state index in [1.165, 1.54) is 12.1 Å². The number of halogens is 3. The topological polar surface area (TPSA) is 76.2 Å². The van der Waals surface area contributed by atoms with E-state index in [4.69, 9.17) is 11.1 Å². The molecular formula is C21H13F3N2O2. The van der Waals surface area contributed by atoms with Gasteiger partial charge in [-0.2, -0.15) is 13.2 Å². The molecule has 7 heteroatoms. The number of nitrogen functional groups attached to an aromatic ring is 1. The number of rotatable bonds is 2. The number of hydrogen-bond acceptors (Lipinski definition) is 3. The van der Waals surface area contributed by atoms with Gasteiger partial charge in [-0.25, -0.2) is 4.79 Å². The highest BCUT2D eigenvalue weighted by atomic mass is 19.4. The number of carbonyl (C=O) groups excluding carboxylic acids is 1. The van der Waals surface area contributed by atoms with Crippen LogP contribution in [0, 0.1) is 17.3 Å². The fourth-order valence-corrected chi connectivity index (χ4v) is 2.52. The average molecular weight is 382 g/mol. The average Bonchev–Trinajstić information content (AvgIpc) is 2.66. The molecule has 140 valence electrons. The smallest absolute Gasteiger partial charge is 0.418 e. The normalized spacial score (nSPS) is 10.8. The summed E-state index contributed by atoms with van der Waals surface area (Å²) in [5.74, 6) is 2.65. The molecule has 0 aliphatic carbocycles. The number of hydrogen-bond donors (Lipinski definition) is 2. The summed E-state index contributed by atoms with van der Waals surface area (Å²) in [5.41, 5.74) is 6.76. The number of benzene rings is 3. The van der Waals surface area contributed by atoms with E-state index in [-0.39, 0.29) is 10.9 Å². The molecule has 28 heavy (non-hydrogen) atoms. The summed E-state index contributed by atoms with van der Waals surface area (Å²) in [6.07, 6.45) is -5.17. The second-order valence-corrected chi connectivity index (χ2v) is 5.80. The van der Waals surface area contributed by atoms with Gasteiger partial charge in [-0.15, -0.1) is 0 Å². The Kier molecular flexibility index (Phi) is 5.05. The van der Waals surface area contributed by atoms with Crippen LogP contribution in [0.3, 0.4) is 0 Å². The first-order valence-corrected chi connectivity index (χ1v) is 8.03. The van der Waals surface area contributed by atoms with Gasteiger partial charge < -0.3 is 10.5 Å². The number of esters is 1. The van der Waals surface area contributed by atoms with Gasteiger partial charge in [0, 0.05) is 16.5 Å². The molecule has 3 aromatic carbocycles. The maximum absolute atomic E-state index is 12.6. The highest BCUT2D eigenvalue weighted by Crippen LogP contribution is 2.32. The summed E-state index contributed by atoms with van der Waals surface area (Å²) in [4.78, 5) is 11.3. The van der Waals surface area contributed by atoms with Crippen molar-refractivity contribution in [1.82, 2.24) is 0 Å². The molecule has 3 N–H and O–H groups in total. The third-order valence-electron chi connectivity index (χ3n) is 3.81. The lowest BCUT2D eigenvalue weighted by Gasteiger charge is -2.13. The van der Waals surface area contributed by atoms with Crippen LogP contribution in [0.25, 0.3) is 10.8 Å². The Balaban J connectivity index is 2.06. The van der Waals surface area contributed by atoms with Gasteiger partial charge in [-0.1, -0.05) is 36.1 Å². The van der Waals surface area contributed by atoms with E-state index in [9.17, 15) is 18.0 Å². The predicted octanol–water partition coefficient (Wildman–Crippen LogP) is 3.99. The number of fused-ring (bicyclic) bond motifs is 1. The van der Waals surface area contributed by atoms with Gasteiger partial charge in [0.25, 0.3) is 0 Å². The van der Waals surface area contributed by atoms with Gasteiger partial charge in [-0.05, 0) is 41.8 Å². The van der Waals surface area contributed by atoms with Crippen LogP contribution >= 0.6 is 0 Å². The quantitative estimate of drug-likeness (QED) is 0.231. The lowest BCUT2D eigenvalue weighted by Crippen LogP contribution is -2.29. The van der Waals surface area contributed by atoms with Crippen molar-refractivity contribution < 1.29 is 22.7 Å². The van der Waals surface area contributed by atoms with E-state index in [1.54, 1.807) is 18.2 Å². The molecular weight excluding hydrogens is 369 g/mol. The Hall–Kier alpha value is -3.79. The Bertz CT molecular complexity index is 1130. The molecule has 4 nitrogen and oxygen atoms in total. The van der Waals surface area contributed by atoms with Crippen molar-refractivity contribution in [1.29, 1.82) is 5.41 Å². The molecule has 0 spiro atoms. The number of nitrogens with one attached hydrogen (secondary N) is 1. The first kappa shape index (κ1) is 19.0. The van der Waals surface area contributed by atoms with Crippen LogP contribution in [0.2, 0.25) is 0 Å². The lowest BCUT2D eigenvalue weighted by molar-refractivity contribution is -0.189. The third kappa shape index (κ3) is 4.13. The van der Waals surface area contributed by atoms with Crippen molar-refractivity contribution in [3.63, 3.8) is 0 Å². The summed E-state index contributed by atoms with van der Waals surface area (Å²) in [6.45, 7) is 0. The molecule has 0 heterocycles. The number of carbonyl (C=O) groups is 1. The van der Waals surface area contributed by atoms with Gasteiger partial charge >= 0.3 is 12.1 Å². The standard InChI is InChI=1S/C21H13F3N2O2/c22-21(23,24)20(27)28-18-16-10-8-14(7-6-13-4-2-1-3-5-13)12-15(16)9-11-17(18)19(25)26/h1-5,8-12H,(H3,25,26). The molecule has 0 aliphatic rings. The van der Waals surface area contributed by atoms with Gasteiger partial charge in [0.05, 0.1) is 5.56 Å². The molecule has 0 saturated heterocycles. The lowest BCUT2D eigenvalue weighted by atomic mass is 10.0. The van der Waals surface area contributed by atoms with Crippen LogP contribution in [0.15, 0.2) is 60.7 Å². The van der Waals surface area contributed by atoms with Crippen LogP contribution in [0.4, 0.5) is 13.2 Å². The number of alkyl halides is 3. The molecule has 3 aromatic rings. The zero-order valence-electron chi connectivity index (χ0n) is 14.3. The predicted molar refractivity (Wildman–Crippen MR) is 99.1 cm³/mol. The van der Waals surface area contributed by atoms with Crippen LogP contribution in [-0.2, 0) is 4.79 Å². The van der Waals surface area contributed by atoms with E-state index in [0.29, 0.717) is 10.9 Å². The summed E-state index contributed by atoms with van der Waals surface area (Å²) < 4.78 is 42.4. The van der Waals surface area contributed by atoms with E-state index in [1.807, 2.05) is 30.3 Å². The summed E-state index contributed by atoms with van der Waals surface area (Å²) in [7, 11) is 0. The van der Waals surface area contributed by atoms with Crippen molar-refractivity contribution >= 4 is 22.6 Å². The number of ether oxygens (including phenoxy) is 1. The van der Waals surface area contributed by atoms with Gasteiger partial charge in [0.2, 0.25) is 0 Å². The minimum Gasteiger partial charge on any atom is -0.418 e. The van der Waals surface area contributed by atoms with E-state index < -0.39 is 23.7 Å². The zero-order valence-corrected chi connectivity index (χ0v) is 14.3. The molecule has 0 aromatic heterocycles. The summed E-state index contributed by atoms with van der Waals surface area (Å²) in [5, 5.41) is 8.25. The molecule has 0 bridgehead atoms. The van der Waals surface area contributed by atoms with Crippen LogP contribution in [0.5, 0.6) is 5.75 Å². The fourth-order valence-electron chi connectivity index (χ4n) is 2.52. The first-order chi connectivity index (χ1) is 13.3. The zero-order chi connectivity index (χ0) is 20.3. The van der Waals surface area contributed by atoms with Crippen molar-refractivity contribution in [3.05, 3.63) is 77.4 Å². The number of nitrogens with two attached hydrogens (primary N) is 1. The Morgan fingerprint density at radius 2 is 1.64 bits per heavy atom. The summed E-state index contributed by atoms with van der Waals surface area (Å²) in [6, 6.07) is 16.9. The van der Waals surface area contributed by atoms with Crippen LogP contribution in [-0.4, -0.2) is 18.0 Å². The van der Waals surface area contributed by atoms with Crippen molar-refractivity contribution in [2.24, 2.45) is 5.73 Å². The highest BCUT2D eigenvalue weighted by molar-refractivity contribution is 6.05. The van der Waals surface area contributed by atoms with Crippen LogP contribution < -0.4 is 10.5 Å². The molecule has 0 radical (unpaired) electrons. The fraction of sp³-hybridized carbons (Fsp3) is 0.0476. The Labute approximate surface area is 158 Å². The van der Waals surface area contributed by atoms with Gasteiger partial charge in [0.15, 0.2) is 0 Å². The van der Waals surface area contributed by atoms with Gasteiger partial charge in [-0.3, -0.25) is 5.41 Å². The molecule has 0 aliphatic heterocycles. The van der Waals surface area contributed by atoms with Crippen molar-refractivity contribution in [2.45, 2.75) is 6.18 Å². The Morgan fingerprint density at radius 3 is 2.29 bits per heavy atom. The minimum absolute atomic E-state index is 0.104. The van der Waals surface area contributed by atoms with Gasteiger partial charge in [0.1, 0.15) is 11.6 Å². The van der Waals surface area contributed by atoms with Crippen molar-refractivity contribution in [3.8, 4) is 17.6 Å². The van der Waals surface area contributed by atoms with Crippen molar-refractivity contribution in [2.75, 3.05) is 0 Å². The maximum atomic E-state index is 12.6. The molecule has 3 rings (SSSR count). The first-order valence-electron chi connectivity index (χ1n) is 8.03. The number of amidine groups is 1. The Morgan fingerprint density at radius 1 is 0.964 bits per heavy atom. The summed E-state index contributed by atoms with van der Waals surface area (Å²) >= 11 is 0. The second kappa shape index (κ2) is 7.45. The molecule has 0 atom stereocenters. The second-order valence-electron chi connectivity index (χ2n) is 5.80. The minimum atomic E-state index is -5.17. The largest absolute Gasteiger partial charge is 0.491 e. The van der Waals surface area contributed by atoms with E-state index in [2.05, 4.69) is 16.6 Å². The molecule has 0 saturated carbocycles. The monoisotopic (exact) mass is 382 g/mol. The highest BCUT2D eigenvalue weighted by Gasteiger charge is 2.42. The van der Waals surface area contributed by atoms with E-state index in [0.717, 1.165) is 5.56 Å². The van der Waals surface area contributed by atoms with Crippen LogP contribution in [0.1, 0.15) is 16.7 Å². The molecule has 0 unspecified atom stereocenters. The molecule has 0 fully saturated rings.